The van der Waals surface area contributed by atoms with Crippen LogP contribution in [0.5, 0.6) is 5.75 Å². The van der Waals surface area contributed by atoms with E-state index in [1.54, 1.807) is 0 Å². The third kappa shape index (κ3) is 5.00. The van der Waals surface area contributed by atoms with Crippen molar-refractivity contribution in [1.82, 2.24) is 5.32 Å². The molecule has 1 aromatic rings. The van der Waals surface area contributed by atoms with Crippen molar-refractivity contribution in [3.8, 4) is 5.75 Å². The van der Waals surface area contributed by atoms with Crippen LogP contribution in [0.1, 0.15) is 70.4 Å². The molecule has 2 atom stereocenters. The highest BCUT2D eigenvalue weighted by molar-refractivity contribution is 9.10. The standard InChI is InChI=1S/C18H28BrNO/c1-3-5-6-7-8-9-15-13-17(20-4-2)16-11-10-14(19)12-18(16)21-15/h10-12,15,17,20H,3-9,13H2,1-2H3. The highest BCUT2D eigenvalue weighted by Crippen LogP contribution is 2.37. The van der Waals surface area contributed by atoms with Gasteiger partial charge in [-0.2, -0.15) is 0 Å². The van der Waals surface area contributed by atoms with Crippen molar-refractivity contribution in [2.45, 2.75) is 70.9 Å². The Labute approximate surface area is 137 Å². The maximum absolute atomic E-state index is 6.23. The SMILES string of the molecule is CCCCCCCC1CC(NCC)c2ccc(Br)cc2O1. The van der Waals surface area contributed by atoms with Crippen molar-refractivity contribution in [2.24, 2.45) is 0 Å². The molecule has 1 N–H and O–H groups in total. The average molecular weight is 354 g/mol. The predicted molar refractivity (Wildman–Crippen MR) is 93.0 cm³/mol. The number of fused-ring (bicyclic) bond motifs is 1. The largest absolute Gasteiger partial charge is 0.490 e. The van der Waals surface area contributed by atoms with E-state index in [4.69, 9.17) is 4.74 Å². The Balaban J connectivity index is 1.93. The normalized spacial score (nSPS) is 20.9. The Morgan fingerprint density at radius 1 is 1.19 bits per heavy atom. The Hall–Kier alpha value is -0.540. The van der Waals surface area contributed by atoms with E-state index in [0.29, 0.717) is 12.1 Å². The van der Waals surface area contributed by atoms with Crippen molar-refractivity contribution in [3.05, 3.63) is 28.2 Å². The van der Waals surface area contributed by atoms with Gasteiger partial charge >= 0.3 is 0 Å². The van der Waals surface area contributed by atoms with E-state index in [1.807, 2.05) is 0 Å². The number of benzene rings is 1. The van der Waals surface area contributed by atoms with Crippen LogP contribution in [0.3, 0.4) is 0 Å². The molecule has 0 amide bonds. The minimum atomic E-state index is 0.359. The van der Waals surface area contributed by atoms with E-state index in [9.17, 15) is 0 Å². The summed E-state index contributed by atoms with van der Waals surface area (Å²) in [6, 6.07) is 6.84. The molecule has 0 spiro atoms. The van der Waals surface area contributed by atoms with Gasteiger partial charge in [-0.1, -0.05) is 61.5 Å². The number of hydrogen-bond acceptors (Lipinski definition) is 2. The highest BCUT2D eigenvalue weighted by atomic mass is 79.9. The summed E-state index contributed by atoms with van der Waals surface area (Å²) < 4.78 is 7.32. The van der Waals surface area contributed by atoms with E-state index in [0.717, 1.165) is 23.2 Å². The Morgan fingerprint density at radius 3 is 2.76 bits per heavy atom. The maximum Gasteiger partial charge on any atom is 0.125 e. The van der Waals surface area contributed by atoms with E-state index >= 15 is 0 Å². The number of hydrogen-bond donors (Lipinski definition) is 1. The molecule has 1 aliphatic rings. The van der Waals surface area contributed by atoms with Gasteiger partial charge in [0.15, 0.2) is 0 Å². The van der Waals surface area contributed by atoms with Crippen LogP contribution in [0.4, 0.5) is 0 Å². The second-order valence-electron chi connectivity index (χ2n) is 5.97. The average Bonchev–Trinajstić information content (AvgIpc) is 2.47. The molecule has 0 aromatic heterocycles. The zero-order valence-corrected chi connectivity index (χ0v) is 14.9. The number of unbranched alkanes of at least 4 members (excludes halogenated alkanes) is 4. The molecule has 0 saturated carbocycles. The van der Waals surface area contributed by atoms with Crippen LogP contribution in [-0.4, -0.2) is 12.6 Å². The van der Waals surface area contributed by atoms with Crippen molar-refractivity contribution in [2.75, 3.05) is 6.54 Å². The molecular formula is C18H28BrNO. The number of halogens is 1. The molecule has 1 heterocycles. The zero-order valence-electron chi connectivity index (χ0n) is 13.3. The lowest BCUT2D eigenvalue weighted by Gasteiger charge is -2.33. The summed E-state index contributed by atoms with van der Waals surface area (Å²) in [5, 5.41) is 3.61. The molecule has 2 rings (SSSR count). The second-order valence-corrected chi connectivity index (χ2v) is 6.89. The molecule has 0 fully saturated rings. The van der Waals surface area contributed by atoms with Crippen LogP contribution >= 0.6 is 15.9 Å². The highest BCUT2D eigenvalue weighted by Gasteiger charge is 2.27. The van der Waals surface area contributed by atoms with Gasteiger partial charge in [-0.15, -0.1) is 0 Å². The Morgan fingerprint density at radius 2 is 2.00 bits per heavy atom. The third-order valence-corrected chi connectivity index (χ3v) is 4.72. The summed E-state index contributed by atoms with van der Waals surface area (Å²) in [4.78, 5) is 0. The van der Waals surface area contributed by atoms with Gasteiger partial charge in [-0.05, 0) is 31.5 Å². The number of nitrogens with one attached hydrogen (secondary N) is 1. The van der Waals surface area contributed by atoms with Gasteiger partial charge in [-0.3, -0.25) is 0 Å². The van der Waals surface area contributed by atoms with Crippen molar-refractivity contribution in [3.63, 3.8) is 0 Å². The first kappa shape index (κ1) is 16.8. The smallest absolute Gasteiger partial charge is 0.125 e. The first-order valence-electron chi connectivity index (χ1n) is 8.44. The summed E-state index contributed by atoms with van der Waals surface area (Å²) in [6.45, 7) is 5.44. The molecule has 0 aliphatic carbocycles. The quantitative estimate of drug-likeness (QED) is 0.613. The molecular weight excluding hydrogens is 326 g/mol. The molecule has 118 valence electrons. The fraction of sp³-hybridized carbons (Fsp3) is 0.667. The molecule has 21 heavy (non-hydrogen) atoms. The van der Waals surface area contributed by atoms with Gasteiger partial charge < -0.3 is 10.1 Å². The first-order chi connectivity index (χ1) is 10.2. The summed E-state index contributed by atoms with van der Waals surface area (Å²) in [5.74, 6) is 1.06. The van der Waals surface area contributed by atoms with E-state index < -0.39 is 0 Å². The number of ether oxygens (including phenoxy) is 1. The van der Waals surface area contributed by atoms with E-state index in [1.165, 1.54) is 44.1 Å². The molecule has 2 unspecified atom stereocenters. The van der Waals surface area contributed by atoms with Crippen LogP contribution in [0, 0.1) is 0 Å². The lowest BCUT2D eigenvalue weighted by Crippen LogP contribution is -2.33. The summed E-state index contributed by atoms with van der Waals surface area (Å²) >= 11 is 3.55. The molecule has 3 heteroatoms. The fourth-order valence-corrected chi connectivity index (χ4v) is 3.45. The van der Waals surface area contributed by atoms with E-state index in [-0.39, 0.29) is 0 Å². The molecule has 1 aliphatic heterocycles. The van der Waals surface area contributed by atoms with Gasteiger partial charge in [0.05, 0.1) is 0 Å². The molecule has 0 saturated heterocycles. The van der Waals surface area contributed by atoms with Crippen LogP contribution in [0.25, 0.3) is 0 Å². The van der Waals surface area contributed by atoms with Gasteiger partial charge in [0.25, 0.3) is 0 Å². The number of rotatable bonds is 8. The minimum Gasteiger partial charge on any atom is -0.490 e. The van der Waals surface area contributed by atoms with Gasteiger partial charge in [0.2, 0.25) is 0 Å². The minimum absolute atomic E-state index is 0.359. The lowest BCUT2D eigenvalue weighted by atomic mass is 9.93. The third-order valence-electron chi connectivity index (χ3n) is 4.22. The van der Waals surface area contributed by atoms with Crippen molar-refractivity contribution in [1.29, 1.82) is 0 Å². The summed E-state index contributed by atoms with van der Waals surface area (Å²) in [6.07, 6.45) is 9.29. The molecule has 1 aromatic carbocycles. The van der Waals surface area contributed by atoms with Crippen molar-refractivity contribution >= 4 is 15.9 Å². The second kappa shape index (κ2) is 8.79. The zero-order chi connectivity index (χ0) is 15.1. The Kier molecular flexibility index (Phi) is 7.05. The molecule has 2 nitrogen and oxygen atoms in total. The summed E-state index contributed by atoms with van der Waals surface area (Å²) in [5.41, 5.74) is 1.31. The first-order valence-corrected chi connectivity index (χ1v) is 9.23. The Bertz CT molecular complexity index is 435. The predicted octanol–water partition coefficient (Wildman–Crippen LogP) is 5.61. The van der Waals surface area contributed by atoms with Gasteiger partial charge in [-0.25, -0.2) is 0 Å². The van der Waals surface area contributed by atoms with Gasteiger partial charge in [0.1, 0.15) is 11.9 Å². The van der Waals surface area contributed by atoms with Crippen LogP contribution < -0.4 is 10.1 Å². The lowest BCUT2D eigenvalue weighted by molar-refractivity contribution is 0.138. The monoisotopic (exact) mass is 353 g/mol. The van der Waals surface area contributed by atoms with Crippen LogP contribution in [0.15, 0.2) is 22.7 Å². The van der Waals surface area contributed by atoms with Crippen molar-refractivity contribution < 1.29 is 4.74 Å². The summed E-state index contributed by atoms with van der Waals surface area (Å²) in [7, 11) is 0. The topological polar surface area (TPSA) is 21.3 Å². The maximum atomic E-state index is 6.23. The fourth-order valence-electron chi connectivity index (χ4n) is 3.11. The van der Waals surface area contributed by atoms with Gasteiger partial charge in [0, 0.05) is 22.5 Å². The molecule has 0 radical (unpaired) electrons. The van der Waals surface area contributed by atoms with Crippen LogP contribution in [-0.2, 0) is 0 Å². The van der Waals surface area contributed by atoms with Crippen LogP contribution in [0.2, 0.25) is 0 Å². The van der Waals surface area contributed by atoms with E-state index in [2.05, 4.69) is 53.3 Å². The molecule has 0 bridgehead atoms.